The number of ether oxygens (including phenoxy) is 3. The van der Waals surface area contributed by atoms with Gasteiger partial charge in [-0.3, -0.25) is 0 Å². The summed E-state index contributed by atoms with van der Waals surface area (Å²) < 4.78 is 16.8. The van der Waals surface area contributed by atoms with Gasteiger partial charge in [-0.05, 0) is 50.1 Å². The molecule has 0 bridgehead atoms. The molecule has 0 spiro atoms. The summed E-state index contributed by atoms with van der Waals surface area (Å²) in [4.78, 5) is 0. The average Bonchev–Trinajstić information content (AvgIpc) is 2.60. The van der Waals surface area contributed by atoms with Crippen LogP contribution < -0.4 is 19.9 Å². The summed E-state index contributed by atoms with van der Waals surface area (Å²) in [5.41, 5.74) is 9.49. The molecule has 4 heteroatoms. The Labute approximate surface area is 144 Å². The van der Waals surface area contributed by atoms with Crippen LogP contribution in [0.2, 0.25) is 0 Å². The molecule has 0 amide bonds. The maximum Gasteiger partial charge on any atom is 0.163 e. The third-order valence-corrected chi connectivity index (χ3v) is 4.14. The topological polar surface area (TPSA) is 53.7 Å². The van der Waals surface area contributed by atoms with Crippen molar-refractivity contribution in [1.29, 1.82) is 0 Å². The molecule has 2 rings (SSSR count). The molecular formula is C20H27NO3. The Morgan fingerprint density at radius 3 is 2.46 bits per heavy atom. The highest BCUT2D eigenvalue weighted by Crippen LogP contribution is 2.36. The predicted octanol–water partition coefficient (Wildman–Crippen LogP) is 3.70. The summed E-state index contributed by atoms with van der Waals surface area (Å²) >= 11 is 0. The van der Waals surface area contributed by atoms with Crippen LogP contribution in [0.4, 0.5) is 0 Å². The summed E-state index contributed by atoms with van der Waals surface area (Å²) in [5.74, 6) is 2.57. The highest BCUT2D eigenvalue weighted by molar-refractivity contribution is 5.48. The Morgan fingerprint density at radius 2 is 1.83 bits per heavy atom. The van der Waals surface area contributed by atoms with Crippen LogP contribution in [0, 0.1) is 6.92 Å². The third-order valence-electron chi connectivity index (χ3n) is 4.14. The van der Waals surface area contributed by atoms with Gasteiger partial charge in [0, 0.05) is 5.92 Å². The van der Waals surface area contributed by atoms with Crippen molar-refractivity contribution in [2.24, 2.45) is 5.73 Å². The van der Waals surface area contributed by atoms with E-state index in [1.165, 1.54) is 5.56 Å². The fourth-order valence-electron chi connectivity index (χ4n) is 2.98. The van der Waals surface area contributed by atoms with Crippen LogP contribution in [0.1, 0.15) is 29.5 Å². The van der Waals surface area contributed by atoms with E-state index >= 15 is 0 Å². The minimum Gasteiger partial charge on any atom is -0.496 e. The molecule has 2 N–H and O–H groups in total. The number of aryl methyl sites for hydroxylation is 1. The zero-order valence-electron chi connectivity index (χ0n) is 15.0. The Kier molecular flexibility index (Phi) is 6.50. The first-order valence-electron chi connectivity index (χ1n) is 8.27. The molecule has 4 nitrogen and oxygen atoms in total. The largest absolute Gasteiger partial charge is 0.496 e. The Morgan fingerprint density at radius 1 is 1.04 bits per heavy atom. The van der Waals surface area contributed by atoms with Crippen LogP contribution in [0.15, 0.2) is 36.4 Å². The Bertz CT molecular complexity index is 670. The molecule has 0 aliphatic rings. The van der Waals surface area contributed by atoms with Crippen molar-refractivity contribution in [3.63, 3.8) is 0 Å². The highest BCUT2D eigenvalue weighted by atomic mass is 16.5. The molecule has 0 aliphatic carbocycles. The summed E-state index contributed by atoms with van der Waals surface area (Å²) in [7, 11) is 3.37. The number of nitrogens with two attached hydrogens (primary N) is 1. The zero-order chi connectivity index (χ0) is 17.5. The third kappa shape index (κ3) is 4.01. The first-order chi connectivity index (χ1) is 11.6. The van der Waals surface area contributed by atoms with E-state index in [0.717, 1.165) is 34.8 Å². The fraction of sp³-hybridized carbons (Fsp3) is 0.400. The van der Waals surface area contributed by atoms with Crippen molar-refractivity contribution in [3.8, 4) is 17.2 Å². The number of benzene rings is 2. The van der Waals surface area contributed by atoms with Gasteiger partial charge in [-0.15, -0.1) is 0 Å². The standard InChI is InChI=1S/C20H27NO3/c1-5-24-19-8-6-7-15(20(19)23-4)12-16(13-21)17-11-14(2)9-10-18(17)22-3/h6-11,16H,5,12-13,21H2,1-4H3. The maximum atomic E-state index is 6.09. The molecular weight excluding hydrogens is 302 g/mol. The van der Waals surface area contributed by atoms with Gasteiger partial charge < -0.3 is 19.9 Å². The molecule has 2 aromatic rings. The lowest BCUT2D eigenvalue weighted by Crippen LogP contribution is -2.16. The van der Waals surface area contributed by atoms with E-state index < -0.39 is 0 Å². The first-order valence-corrected chi connectivity index (χ1v) is 8.27. The summed E-state index contributed by atoms with van der Waals surface area (Å²) in [6.45, 7) is 5.17. The molecule has 1 atom stereocenters. The second-order valence-corrected chi connectivity index (χ2v) is 5.76. The van der Waals surface area contributed by atoms with Gasteiger partial charge >= 0.3 is 0 Å². The molecule has 0 aromatic heterocycles. The van der Waals surface area contributed by atoms with Crippen LogP contribution >= 0.6 is 0 Å². The quantitative estimate of drug-likeness (QED) is 0.802. The lowest BCUT2D eigenvalue weighted by atomic mass is 9.90. The molecule has 0 saturated carbocycles. The fourth-order valence-corrected chi connectivity index (χ4v) is 2.98. The van der Waals surface area contributed by atoms with E-state index in [9.17, 15) is 0 Å². The summed E-state index contributed by atoms with van der Waals surface area (Å²) in [5, 5.41) is 0. The average molecular weight is 329 g/mol. The molecule has 2 aromatic carbocycles. The van der Waals surface area contributed by atoms with Gasteiger partial charge in [-0.2, -0.15) is 0 Å². The van der Waals surface area contributed by atoms with Crippen molar-refractivity contribution in [3.05, 3.63) is 53.1 Å². The highest BCUT2D eigenvalue weighted by Gasteiger charge is 2.19. The maximum absolute atomic E-state index is 6.09. The van der Waals surface area contributed by atoms with Crippen LogP contribution in [0.25, 0.3) is 0 Å². The summed E-state index contributed by atoms with van der Waals surface area (Å²) in [6, 6.07) is 12.2. The number of hydrogen-bond donors (Lipinski definition) is 1. The molecule has 0 saturated heterocycles. The Hall–Kier alpha value is -2.20. The Balaban J connectivity index is 2.38. The van der Waals surface area contributed by atoms with E-state index in [1.54, 1.807) is 14.2 Å². The van der Waals surface area contributed by atoms with Gasteiger partial charge in [-0.25, -0.2) is 0 Å². The monoisotopic (exact) mass is 329 g/mol. The van der Waals surface area contributed by atoms with Crippen LogP contribution in [0.3, 0.4) is 0 Å². The first kappa shape index (κ1) is 18.1. The smallest absolute Gasteiger partial charge is 0.163 e. The number of rotatable bonds is 8. The minimum atomic E-state index is 0.144. The van der Waals surface area contributed by atoms with E-state index in [2.05, 4.69) is 19.1 Å². The lowest BCUT2D eigenvalue weighted by molar-refractivity contribution is 0.308. The van der Waals surface area contributed by atoms with Crippen molar-refractivity contribution in [1.82, 2.24) is 0 Å². The van der Waals surface area contributed by atoms with E-state index in [1.807, 2.05) is 31.2 Å². The van der Waals surface area contributed by atoms with E-state index in [4.69, 9.17) is 19.9 Å². The summed E-state index contributed by atoms with van der Waals surface area (Å²) in [6.07, 6.45) is 0.764. The van der Waals surface area contributed by atoms with Gasteiger partial charge in [-0.1, -0.05) is 29.8 Å². The molecule has 130 valence electrons. The zero-order valence-corrected chi connectivity index (χ0v) is 15.0. The van der Waals surface area contributed by atoms with Gasteiger partial charge in [0.05, 0.1) is 20.8 Å². The number of hydrogen-bond acceptors (Lipinski definition) is 4. The van der Waals surface area contributed by atoms with Crippen molar-refractivity contribution in [2.45, 2.75) is 26.2 Å². The molecule has 0 aliphatic heterocycles. The molecule has 24 heavy (non-hydrogen) atoms. The SMILES string of the molecule is CCOc1cccc(CC(CN)c2cc(C)ccc2OC)c1OC. The van der Waals surface area contributed by atoms with Gasteiger partial charge in [0.15, 0.2) is 11.5 Å². The van der Waals surface area contributed by atoms with Crippen molar-refractivity contribution < 1.29 is 14.2 Å². The van der Waals surface area contributed by atoms with Gasteiger partial charge in [0.1, 0.15) is 5.75 Å². The number of methoxy groups -OCH3 is 2. The van der Waals surface area contributed by atoms with Crippen molar-refractivity contribution in [2.75, 3.05) is 27.4 Å². The van der Waals surface area contributed by atoms with Gasteiger partial charge in [0.25, 0.3) is 0 Å². The second kappa shape index (κ2) is 8.60. The molecule has 0 radical (unpaired) electrons. The van der Waals surface area contributed by atoms with Crippen LogP contribution in [-0.4, -0.2) is 27.4 Å². The number of para-hydroxylation sites is 1. The van der Waals surface area contributed by atoms with Gasteiger partial charge in [0.2, 0.25) is 0 Å². The molecule has 1 unspecified atom stereocenters. The van der Waals surface area contributed by atoms with Crippen LogP contribution in [0.5, 0.6) is 17.2 Å². The predicted molar refractivity (Wildman–Crippen MR) is 97.4 cm³/mol. The van der Waals surface area contributed by atoms with E-state index in [0.29, 0.717) is 13.2 Å². The molecule has 0 heterocycles. The minimum absolute atomic E-state index is 0.144. The van der Waals surface area contributed by atoms with Crippen LogP contribution in [-0.2, 0) is 6.42 Å². The lowest BCUT2D eigenvalue weighted by Gasteiger charge is -2.21. The van der Waals surface area contributed by atoms with Crippen molar-refractivity contribution >= 4 is 0 Å². The molecule has 0 fully saturated rings. The normalized spacial score (nSPS) is 11.9. The van der Waals surface area contributed by atoms with E-state index in [-0.39, 0.29) is 5.92 Å². The second-order valence-electron chi connectivity index (χ2n) is 5.76.